The number of hydrogen-bond acceptors (Lipinski definition) is 4. The highest BCUT2D eigenvalue weighted by atomic mass is 19.3. The normalized spacial score (nSPS) is 19.2. The average molecular weight is 520 g/mol. The van der Waals surface area contributed by atoms with Crippen molar-refractivity contribution in [1.29, 1.82) is 0 Å². The smallest absolute Gasteiger partial charge is 0.321 e. The number of alkyl halides is 2. The van der Waals surface area contributed by atoms with Crippen molar-refractivity contribution in [2.24, 2.45) is 12.5 Å². The molecule has 1 aliphatic rings. The molecular weight excluding hydrogens is 492 g/mol. The number of pyridine rings is 1. The van der Waals surface area contributed by atoms with E-state index in [0.717, 1.165) is 10.9 Å². The second-order valence-electron chi connectivity index (χ2n) is 10.2. The average Bonchev–Trinajstić information content (AvgIpc) is 3.37. The fourth-order valence-corrected chi connectivity index (χ4v) is 4.99. The second-order valence-corrected chi connectivity index (χ2v) is 10.2. The van der Waals surface area contributed by atoms with E-state index in [4.69, 9.17) is 0 Å². The highest BCUT2D eigenvalue weighted by molar-refractivity contribution is 6.03. The molecule has 196 valence electrons. The van der Waals surface area contributed by atoms with E-state index in [9.17, 15) is 23.2 Å². The molecule has 1 aliphatic heterocycles. The van der Waals surface area contributed by atoms with Crippen molar-refractivity contribution in [3.63, 3.8) is 0 Å². The van der Waals surface area contributed by atoms with Crippen LogP contribution in [0, 0.1) is 5.41 Å². The first kappa shape index (κ1) is 25.3. The molecule has 8 nitrogen and oxygen atoms in total. The van der Waals surface area contributed by atoms with Gasteiger partial charge in [-0.2, -0.15) is 13.9 Å². The highest BCUT2D eigenvalue weighted by Gasteiger charge is 2.56. The monoisotopic (exact) mass is 519 g/mol. The van der Waals surface area contributed by atoms with Crippen LogP contribution in [0.25, 0.3) is 16.6 Å². The van der Waals surface area contributed by atoms with Crippen molar-refractivity contribution in [3.05, 3.63) is 89.0 Å². The molecule has 1 fully saturated rings. The number of nitrogens with one attached hydrogen (secondary N) is 1. The molecule has 0 unspecified atom stereocenters. The number of carbonyl (C=O) groups excluding carboxylic acids is 2. The molecule has 3 heterocycles. The van der Waals surface area contributed by atoms with Crippen LogP contribution in [0.1, 0.15) is 32.4 Å². The Morgan fingerprint density at radius 2 is 1.71 bits per heavy atom. The minimum Gasteiger partial charge on any atom is -0.345 e. The summed E-state index contributed by atoms with van der Waals surface area (Å²) in [6, 6.07) is 15.9. The second kappa shape index (κ2) is 8.90. The summed E-state index contributed by atoms with van der Waals surface area (Å²) in [4.78, 5) is 39.6. The fraction of sp³-hybridized carbons (Fsp3) is 0.286. The topological polar surface area (TPSA) is 89.2 Å². The molecule has 4 aromatic rings. The first-order valence-corrected chi connectivity index (χ1v) is 12.1. The van der Waals surface area contributed by atoms with Gasteiger partial charge in [-0.15, -0.1) is 0 Å². The van der Waals surface area contributed by atoms with Gasteiger partial charge in [-0.25, -0.2) is 4.68 Å². The standard InChI is InChI=1S/C28H27F2N5O3/c1-27(2)24(32-25(37)28(3,29)30)23(17-8-6-5-7-9-17)34(26(27)38)19-10-12-21-18(14-19)15-31-35(21)20-11-13-22(36)33(4)16-20/h5-16,23-24H,1-4H3,(H,32,37)/t23-,24-/m1/s1. The quantitative estimate of drug-likeness (QED) is 0.432. The molecule has 0 saturated carbocycles. The number of rotatable bonds is 5. The highest BCUT2D eigenvalue weighted by Crippen LogP contribution is 2.47. The first-order valence-electron chi connectivity index (χ1n) is 12.1. The molecule has 10 heteroatoms. The predicted molar refractivity (Wildman–Crippen MR) is 139 cm³/mol. The maximum absolute atomic E-state index is 13.9. The molecule has 38 heavy (non-hydrogen) atoms. The van der Waals surface area contributed by atoms with Crippen LogP contribution in [0.5, 0.6) is 0 Å². The Hall–Kier alpha value is -4.34. The molecule has 2 amide bonds. The van der Waals surface area contributed by atoms with Crippen LogP contribution in [0.15, 0.2) is 77.9 Å². The molecule has 1 N–H and O–H groups in total. The minimum absolute atomic E-state index is 0.142. The van der Waals surface area contributed by atoms with Gasteiger partial charge >= 0.3 is 5.92 Å². The molecule has 1 saturated heterocycles. The summed E-state index contributed by atoms with van der Waals surface area (Å²) in [5.41, 5.74) is 1.39. The number of nitrogens with zero attached hydrogens (tertiary/aromatic N) is 4. The molecule has 0 bridgehead atoms. The zero-order chi connectivity index (χ0) is 27.4. The molecule has 0 aliphatic carbocycles. The van der Waals surface area contributed by atoms with E-state index in [2.05, 4.69) is 10.4 Å². The van der Waals surface area contributed by atoms with Gasteiger partial charge in [0.2, 0.25) is 11.5 Å². The van der Waals surface area contributed by atoms with Crippen molar-refractivity contribution in [3.8, 4) is 5.69 Å². The molecule has 2 aromatic carbocycles. The lowest BCUT2D eigenvalue weighted by Gasteiger charge is -2.31. The van der Waals surface area contributed by atoms with E-state index >= 15 is 0 Å². The lowest BCUT2D eigenvalue weighted by atomic mass is 9.82. The van der Waals surface area contributed by atoms with E-state index in [1.807, 2.05) is 30.3 Å². The van der Waals surface area contributed by atoms with E-state index < -0.39 is 29.3 Å². The minimum atomic E-state index is -3.60. The van der Waals surface area contributed by atoms with Gasteiger partial charge in [0, 0.05) is 37.3 Å². The van der Waals surface area contributed by atoms with Gasteiger partial charge in [-0.05, 0) is 43.7 Å². The van der Waals surface area contributed by atoms with Crippen LogP contribution in [0.4, 0.5) is 14.5 Å². The SMILES string of the molecule is Cn1cc(-n2ncc3cc(N4C(=O)C(C)(C)[C@H](NC(=O)C(C)(F)F)[C@H]4c4ccccc4)ccc32)ccc1=O. The van der Waals surface area contributed by atoms with Gasteiger partial charge in [0.25, 0.3) is 5.91 Å². The summed E-state index contributed by atoms with van der Waals surface area (Å²) in [6.07, 6.45) is 3.33. The van der Waals surface area contributed by atoms with E-state index in [1.165, 1.54) is 10.6 Å². The summed E-state index contributed by atoms with van der Waals surface area (Å²) in [5.74, 6) is -5.33. The number of fused-ring (bicyclic) bond motifs is 1. The lowest BCUT2D eigenvalue weighted by Crippen LogP contribution is -2.51. The van der Waals surface area contributed by atoms with Crippen molar-refractivity contribution in [2.45, 2.75) is 38.8 Å². The Morgan fingerprint density at radius 1 is 1.03 bits per heavy atom. The van der Waals surface area contributed by atoms with E-state index in [0.29, 0.717) is 23.9 Å². The summed E-state index contributed by atoms with van der Waals surface area (Å²) >= 11 is 0. The Bertz CT molecular complexity index is 1600. The first-order chi connectivity index (χ1) is 17.9. The number of amides is 2. The van der Waals surface area contributed by atoms with E-state index in [-0.39, 0.29) is 11.5 Å². The van der Waals surface area contributed by atoms with Crippen LogP contribution in [0.2, 0.25) is 0 Å². The fourth-order valence-electron chi connectivity index (χ4n) is 4.99. The summed E-state index contributed by atoms with van der Waals surface area (Å²) < 4.78 is 30.9. The number of carbonyl (C=O) groups is 2. The number of halogens is 2. The predicted octanol–water partition coefficient (Wildman–Crippen LogP) is 3.98. The Morgan fingerprint density at radius 3 is 2.37 bits per heavy atom. The number of aromatic nitrogens is 3. The van der Waals surface area contributed by atoms with Gasteiger partial charge < -0.3 is 14.8 Å². The van der Waals surface area contributed by atoms with Gasteiger partial charge in [0.05, 0.1) is 34.9 Å². The number of benzene rings is 2. The van der Waals surface area contributed by atoms with Gasteiger partial charge in [0.15, 0.2) is 0 Å². The Kier molecular flexibility index (Phi) is 5.93. The van der Waals surface area contributed by atoms with Gasteiger partial charge in [0.1, 0.15) is 0 Å². The molecule has 0 radical (unpaired) electrons. The maximum Gasteiger partial charge on any atom is 0.321 e. The molecular formula is C28H27F2N5O3. The number of anilines is 1. The summed E-state index contributed by atoms with van der Waals surface area (Å²) in [5, 5.41) is 7.67. The number of hydrogen-bond donors (Lipinski definition) is 1. The molecule has 2 aromatic heterocycles. The molecule has 2 atom stereocenters. The van der Waals surface area contributed by atoms with E-state index in [1.54, 1.807) is 67.1 Å². The summed E-state index contributed by atoms with van der Waals surface area (Å²) in [7, 11) is 1.66. The zero-order valence-electron chi connectivity index (χ0n) is 21.4. The third-order valence-electron chi connectivity index (χ3n) is 7.11. The van der Waals surface area contributed by atoms with Crippen LogP contribution in [-0.2, 0) is 16.6 Å². The van der Waals surface area contributed by atoms with Crippen molar-refractivity contribution in [2.75, 3.05) is 4.90 Å². The van der Waals surface area contributed by atoms with Crippen LogP contribution in [0.3, 0.4) is 0 Å². The van der Waals surface area contributed by atoms with Gasteiger partial charge in [-0.3, -0.25) is 14.4 Å². The van der Waals surface area contributed by atoms with Crippen molar-refractivity contribution < 1.29 is 18.4 Å². The third-order valence-corrected chi connectivity index (χ3v) is 7.11. The van der Waals surface area contributed by atoms with Gasteiger partial charge in [-0.1, -0.05) is 30.3 Å². The molecule has 0 spiro atoms. The third kappa shape index (κ3) is 4.15. The maximum atomic E-state index is 13.9. The molecule has 5 rings (SSSR count). The zero-order valence-corrected chi connectivity index (χ0v) is 21.4. The summed E-state index contributed by atoms with van der Waals surface area (Å²) in [6.45, 7) is 3.85. The number of aryl methyl sites for hydroxylation is 1. The van der Waals surface area contributed by atoms with Crippen LogP contribution in [-0.4, -0.2) is 38.1 Å². The van der Waals surface area contributed by atoms with Crippen LogP contribution < -0.4 is 15.8 Å². The van der Waals surface area contributed by atoms with Crippen LogP contribution >= 0.6 is 0 Å². The Labute approximate surface area is 217 Å². The van der Waals surface area contributed by atoms with Crippen molar-refractivity contribution in [1.82, 2.24) is 19.7 Å². The Balaban J connectivity index is 1.61. The lowest BCUT2D eigenvalue weighted by molar-refractivity contribution is -0.144. The largest absolute Gasteiger partial charge is 0.345 e. The van der Waals surface area contributed by atoms with Crippen molar-refractivity contribution >= 4 is 28.4 Å².